The van der Waals surface area contributed by atoms with Crippen molar-refractivity contribution in [3.05, 3.63) is 53.6 Å². The van der Waals surface area contributed by atoms with E-state index in [-0.39, 0.29) is 18.3 Å². The van der Waals surface area contributed by atoms with Crippen molar-refractivity contribution in [2.75, 3.05) is 56.6 Å². The third-order valence-electron chi connectivity index (χ3n) is 7.33. The number of hydrogen-bond acceptors (Lipinski definition) is 7. The molecule has 1 saturated carbocycles. The van der Waals surface area contributed by atoms with Crippen LogP contribution in [0, 0.1) is 11.8 Å². The summed E-state index contributed by atoms with van der Waals surface area (Å²) < 4.78 is 27.2. The number of hydrogen-bond donors (Lipinski definition) is 2. The van der Waals surface area contributed by atoms with Gasteiger partial charge in [-0.3, -0.25) is 9.10 Å². The van der Waals surface area contributed by atoms with Crippen LogP contribution in [0.3, 0.4) is 0 Å². The third kappa shape index (κ3) is 8.65. The molecule has 1 aromatic carbocycles. The van der Waals surface area contributed by atoms with Crippen LogP contribution in [-0.4, -0.2) is 88.0 Å². The van der Waals surface area contributed by atoms with Crippen LogP contribution in [0.15, 0.2) is 42.5 Å². The Hall–Kier alpha value is -2.69. The Bertz CT molecular complexity index is 1190. The fourth-order valence-electron chi connectivity index (χ4n) is 4.55. The van der Waals surface area contributed by atoms with Gasteiger partial charge in [-0.15, -0.1) is 0 Å². The molecule has 3 rings (SSSR count). The number of nitrogens with zero attached hydrogens (tertiary/aromatic N) is 4. The molecule has 1 heterocycles. The number of rotatable bonds is 15. The number of aromatic nitrogens is 1. The molecule has 2 unspecified atom stereocenters. The lowest BCUT2D eigenvalue weighted by atomic mass is 10.1. The molecule has 1 aromatic heterocycles. The minimum absolute atomic E-state index is 0.205. The molecule has 39 heavy (non-hydrogen) atoms. The van der Waals surface area contributed by atoms with Gasteiger partial charge in [-0.05, 0) is 83.3 Å². The second-order valence-corrected chi connectivity index (χ2v) is 13.8. The maximum absolute atomic E-state index is 13.5. The van der Waals surface area contributed by atoms with Gasteiger partial charge in [0, 0.05) is 25.7 Å². The molecular formula is C29H45N5O4S. The lowest BCUT2D eigenvalue weighted by Crippen LogP contribution is -2.39. The average molecular weight is 560 g/mol. The topological polar surface area (TPSA) is 106 Å². The van der Waals surface area contributed by atoms with Crippen molar-refractivity contribution in [2.24, 2.45) is 11.8 Å². The highest BCUT2D eigenvalue weighted by molar-refractivity contribution is 7.93. The molecule has 1 aliphatic rings. The minimum atomic E-state index is -3.66. The van der Waals surface area contributed by atoms with Gasteiger partial charge in [-0.1, -0.05) is 37.3 Å². The first-order chi connectivity index (χ1) is 18.4. The van der Waals surface area contributed by atoms with Crippen molar-refractivity contribution >= 4 is 27.6 Å². The Kier molecular flexibility index (Phi) is 10.7. The molecule has 216 valence electrons. The van der Waals surface area contributed by atoms with Crippen molar-refractivity contribution in [3.8, 4) is 0 Å². The van der Waals surface area contributed by atoms with Crippen LogP contribution in [0.4, 0.5) is 11.6 Å². The van der Waals surface area contributed by atoms with Crippen LogP contribution in [0.1, 0.15) is 49.5 Å². The fourth-order valence-corrected chi connectivity index (χ4v) is 5.53. The second kappa shape index (κ2) is 13.6. The number of aliphatic hydroxyl groups is 1. The summed E-state index contributed by atoms with van der Waals surface area (Å²) in [6.45, 7) is 7.72. The van der Waals surface area contributed by atoms with Crippen molar-refractivity contribution in [1.82, 2.24) is 15.2 Å². The summed E-state index contributed by atoms with van der Waals surface area (Å²) in [5.74, 6) is 1.60. The standard InChI is InChI=1S/C29H45N5O4S/c1-21(2)39(37,38)33(6)27-17-24(29(36)30-26(20-35)16-23-11-8-7-9-12-23)18-28(31-27)34(14-10-13-32(4)5)19-25-15-22(25)3/h7-9,11-12,17-18,21-22,25-26,35H,10,13-16,19-20H2,1-6H3,(H,30,36)/t22?,25?,26-/m0/s1. The zero-order chi connectivity index (χ0) is 28.7. The van der Waals surface area contributed by atoms with E-state index in [2.05, 4.69) is 22.0 Å². The van der Waals surface area contributed by atoms with Gasteiger partial charge in [0.1, 0.15) is 11.6 Å². The summed E-state index contributed by atoms with van der Waals surface area (Å²) in [6, 6.07) is 12.4. The van der Waals surface area contributed by atoms with E-state index in [0.717, 1.165) is 38.0 Å². The quantitative estimate of drug-likeness (QED) is 0.346. The van der Waals surface area contributed by atoms with Crippen molar-refractivity contribution in [1.29, 1.82) is 0 Å². The van der Waals surface area contributed by atoms with E-state index in [1.807, 2.05) is 44.4 Å². The molecule has 10 heteroatoms. The lowest BCUT2D eigenvalue weighted by molar-refractivity contribution is 0.0916. The molecular weight excluding hydrogens is 514 g/mol. The number of anilines is 2. The summed E-state index contributed by atoms with van der Waals surface area (Å²) in [4.78, 5) is 22.6. The highest BCUT2D eigenvalue weighted by Gasteiger charge is 2.35. The normalized spacial score (nSPS) is 17.8. The number of amides is 1. The Labute approximate surface area is 234 Å². The molecule has 1 amide bonds. The van der Waals surface area contributed by atoms with Crippen LogP contribution in [0.25, 0.3) is 0 Å². The van der Waals surface area contributed by atoms with Crippen molar-refractivity contribution < 1.29 is 18.3 Å². The van der Waals surface area contributed by atoms with Gasteiger partial charge in [0.2, 0.25) is 10.0 Å². The molecule has 0 spiro atoms. The van der Waals surface area contributed by atoms with Gasteiger partial charge in [0.25, 0.3) is 5.91 Å². The first-order valence-corrected chi connectivity index (χ1v) is 15.3. The van der Waals surface area contributed by atoms with E-state index in [9.17, 15) is 18.3 Å². The average Bonchev–Trinajstić information content (AvgIpc) is 3.61. The van der Waals surface area contributed by atoms with Gasteiger partial charge in [0.15, 0.2) is 0 Å². The molecule has 0 bridgehead atoms. The van der Waals surface area contributed by atoms with E-state index in [4.69, 9.17) is 4.98 Å². The number of nitrogens with one attached hydrogen (secondary N) is 1. The number of carbonyl (C=O) groups excluding carboxylic acids is 1. The van der Waals surface area contributed by atoms with Crippen molar-refractivity contribution in [3.63, 3.8) is 0 Å². The smallest absolute Gasteiger partial charge is 0.251 e. The fraction of sp³-hybridized carbons (Fsp3) is 0.586. The van der Waals surface area contributed by atoms with Gasteiger partial charge in [0.05, 0.1) is 17.9 Å². The van der Waals surface area contributed by atoms with Crippen LogP contribution in [0.5, 0.6) is 0 Å². The van der Waals surface area contributed by atoms with Crippen LogP contribution in [-0.2, 0) is 16.4 Å². The van der Waals surface area contributed by atoms with Crippen LogP contribution < -0.4 is 14.5 Å². The number of aliphatic hydroxyl groups excluding tert-OH is 1. The Morgan fingerprint density at radius 1 is 1.10 bits per heavy atom. The highest BCUT2D eigenvalue weighted by Crippen LogP contribution is 2.39. The Balaban J connectivity index is 1.95. The van der Waals surface area contributed by atoms with E-state index in [1.54, 1.807) is 19.9 Å². The zero-order valence-electron chi connectivity index (χ0n) is 24.2. The monoisotopic (exact) mass is 559 g/mol. The van der Waals surface area contributed by atoms with Crippen molar-refractivity contribution in [2.45, 2.75) is 51.3 Å². The van der Waals surface area contributed by atoms with E-state index >= 15 is 0 Å². The predicted octanol–water partition coefficient (Wildman–Crippen LogP) is 3.00. The molecule has 0 radical (unpaired) electrons. The molecule has 9 nitrogen and oxygen atoms in total. The number of sulfonamides is 1. The predicted molar refractivity (Wildman–Crippen MR) is 158 cm³/mol. The molecule has 1 aliphatic carbocycles. The molecule has 1 fully saturated rings. The summed E-state index contributed by atoms with van der Waals surface area (Å²) in [6.07, 6.45) is 2.54. The van der Waals surface area contributed by atoms with Crippen LogP contribution >= 0.6 is 0 Å². The number of carbonyl (C=O) groups is 1. The SMILES string of the molecule is CC1CC1CN(CCCN(C)C)c1cc(C(=O)N[C@H](CO)Cc2ccccc2)cc(N(C)S(=O)(=O)C(C)C)n1. The first-order valence-electron chi connectivity index (χ1n) is 13.8. The molecule has 0 saturated heterocycles. The largest absolute Gasteiger partial charge is 0.394 e. The van der Waals surface area contributed by atoms with Gasteiger partial charge < -0.3 is 20.2 Å². The van der Waals surface area contributed by atoms with E-state index < -0.39 is 21.3 Å². The molecule has 2 N–H and O–H groups in total. The van der Waals surface area contributed by atoms with Gasteiger partial charge >= 0.3 is 0 Å². The summed E-state index contributed by atoms with van der Waals surface area (Å²) >= 11 is 0. The summed E-state index contributed by atoms with van der Waals surface area (Å²) in [5, 5.41) is 12.3. The maximum atomic E-state index is 13.5. The van der Waals surface area contributed by atoms with E-state index in [1.165, 1.54) is 17.4 Å². The Morgan fingerprint density at radius 2 is 1.74 bits per heavy atom. The number of benzene rings is 1. The minimum Gasteiger partial charge on any atom is -0.394 e. The van der Waals surface area contributed by atoms with E-state index in [0.29, 0.717) is 29.6 Å². The zero-order valence-corrected chi connectivity index (χ0v) is 25.0. The van der Waals surface area contributed by atoms with Crippen LogP contribution in [0.2, 0.25) is 0 Å². The summed E-state index contributed by atoms with van der Waals surface area (Å²) in [5.41, 5.74) is 1.31. The third-order valence-corrected chi connectivity index (χ3v) is 9.47. The summed E-state index contributed by atoms with van der Waals surface area (Å²) in [7, 11) is 1.89. The number of pyridine rings is 1. The maximum Gasteiger partial charge on any atom is 0.251 e. The Morgan fingerprint density at radius 3 is 2.31 bits per heavy atom. The lowest BCUT2D eigenvalue weighted by Gasteiger charge is -2.28. The van der Waals surface area contributed by atoms with Gasteiger partial charge in [-0.2, -0.15) is 0 Å². The first kappa shape index (κ1) is 30.8. The molecule has 3 atom stereocenters. The van der Waals surface area contributed by atoms with Gasteiger partial charge in [-0.25, -0.2) is 13.4 Å². The molecule has 2 aromatic rings. The molecule has 0 aliphatic heterocycles. The highest BCUT2D eigenvalue weighted by atomic mass is 32.2. The second-order valence-electron chi connectivity index (χ2n) is 11.3.